The van der Waals surface area contributed by atoms with E-state index >= 15 is 4.39 Å². The second kappa shape index (κ2) is 9.83. The summed E-state index contributed by atoms with van der Waals surface area (Å²) in [6, 6.07) is 6.83. The van der Waals surface area contributed by atoms with Crippen molar-refractivity contribution in [3.05, 3.63) is 52.8 Å². The van der Waals surface area contributed by atoms with E-state index in [-0.39, 0.29) is 11.5 Å². The second-order valence-corrected chi connectivity index (χ2v) is 8.83. The van der Waals surface area contributed by atoms with Gasteiger partial charge in [0.05, 0.1) is 26.9 Å². The van der Waals surface area contributed by atoms with Crippen molar-refractivity contribution in [1.29, 1.82) is 0 Å². The Morgan fingerprint density at radius 3 is 2.24 bits per heavy atom. The average Bonchev–Trinajstić information content (AvgIpc) is 2.80. The molecule has 0 saturated heterocycles. The van der Waals surface area contributed by atoms with Crippen molar-refractivity contribution in [2.24, 2.45) is 0 Å². The minimum atomic E-state index is -0.869. The van der Waals surface area contributed by atoms with Gasteiger partial charge < -0.3 is 28.6 Å². The summed E-state index contributed by atoms with van der Waals surface area (Å²) in [5.41, 5.74) is 1.16. The van der Waals surface area contributed by atoms with Crippen molar-refractivity contribution in [3.63, 3.8) is 0 Å². The molecule has 184 valence electrons. The standard InChI is InChI=1S/C26H32FNO6/c1-15(16-9-12-20(30-6)24(32-8)21(16)27)22(33-25(29)28(4)5)18-10-11-19-17(23(18)31-7)13-14-26(2,3)34-19/h9-15,22H,1-8H3. The minimum Gasteiger partial charge on any atom is -0.496 e. The summed E-state index contributed by atoms with van der Waals surface area (Å²) in [4.78, 5) is 14.0. The molecule has 0 fully saturated rings. The molecule has 8 heteroatoms. The Kier molecular flexibility index (Phi) is 7.29. The molecule has 2 unspecified atom stereocenters. The summed E-state index contributed by atoms with van der Waals surface area (Å²) in [7, 11) is 7.53. The van der Waals surface area contributed by atoms with Crippen LogP contribution in [-0.2, 0) is 4.74 Å². The van der Waals surface area contributed by atoms with Crippen LogP contribution in [0.25, 0.3) is 6.08 Å². The summed E-state index contributed by atoms with van der Waals surface area (Å²) >= 11 is 0. The van der Waals surface area contributed by atoms with Crippen molar-refractivity contribution < 1.29 is 32.9 Å². The quantitative estimate of drug-likeness (QED) is 0.523. The van der Waals surface area contributed by atoms with Gasteiger partial charge in [-0.15, -0.1) is 0 Å². The number of amides is 1. The number of benzene rings is 2. The Labute approximate surface area is 200 Å². The van der Waals surface area contributed by atoms with Crippen LogP contribution in [0.2, 0.25) is 0 Å². The Morgan fingerprint density at radius 1 is 1.00 bits per heavy atom. The molecule has 0 radical (unpaired) electrons. The van der Waals surface area contributed by atoms with Crippen LogP contribution in [0.4, 0.5) is 9.18 Å². The fraction of sp³-hybridized carbons (Fsp3) is 0.423. The third kappa shape index (κ3) is 4.76. The highest BCUT2D eigenvalue weighted by Crippen LogP contribution is 2.47. The maximum absolute atomic E-state index is 15.5. The summed E-state index contributed by atoms with van der Waals surface area (Å²) in [5, 5.41) is 0. The Hall–Kier alpha value is -3.42. The minimum absolute atomic E-state index is 0.0134. The first-order chi connectivity index (χ1) is 16.0. The lowest BCUT2D eigenvalue weighted by molar-refractivity contribution is 0.0608. The first-order valence-electron chi connectivity index (χ1n) is 10.9. The van der Waals surface area contributed by atoms with Crippen molar-refractivity contribution >= 4 is 12.2 Å². The number of hydrogen-bond donors (Lipinski definition) is 0. The van der Waals surface area contributed by atoms with E-state index < -0.39 is 29.5 Å². The van der Waals surface area contributed by atoms with Crippen molar-refractivity contribution in [2.45, 2.75) is 38.4 Å². The van der Waals surface area contributed by atoms with Crippen LogP contribution >= 0.6 is 0 Å². The van der Waals surface area contributed by atoms with Gasteiger partial charge in [-0.25, -0.2) is 9.18 Å². The molecular formula is C26H32FNO6. The van der Waals surface area contributed by atoms with Crippen molar-refractivity contribution in [3.8, 4) is 23.0 Å². The first-order valence-corrected chi connectivity index (χ1v) is 10.9. The van der Waals surface area contributed by atoms with Crippen molar-refractivity contribution in [1.82, 2.24) is 4.90 Å². The molecule has 0 spiro atoms. The normalized spacial score (nSPS) is 15.4. The van der Waals surface area contributed by atoms with Crippen LogP contribution < -0.4 is 18.9 Å². The second-order valence-electron chi connectivity index (χ2n) is 8.83. The summed E-state index contributed by atoms with van der Waals surface area (Å²) < 4.78 is 43.6. The number of nitrogens with zero attached hydrogens (tertiary/aromatic N) is 1. The van der Waals surface area contributed by atoms with E-state index in [1.54, 1.807) is 46.3 Å². The maximum Gasteiger partial charge on any atom is 0.409 e. The predicted molar refractivity (Wildman–Crippen MR) is 128 cm³/mol. The van der Waals surface area contributed by atoms with Gasteiger partial charge >= 0.3 is 6.09 Å². The van der Waals surface area contributed by atoms with E-state index in [4.69, 9.17) is 23.7 Å². The van der Waals surface area contributed by atoms with Gasteiger partial charge in [0.1, 0.15) is 23.2 Å². The van der Waals surface area contributed by atoms with Crippen LogP contribution in [0.15, 0.2) is 30.3 Å². The van der Waals surface area contributed by atoms with Gasteiger partial charge in [0.2, 0.25) is 0 Å². The molecule has 3 rings (SSSR count). The van der Waals surface area contributed by atoms with Crippen LogP contribution in [-0.4, -0.2) is 52.0 Å². The molecule has 2 aromatic rings. The van der Waals surface area contributed by atoms with E-state index in [1.807, 2.05) is 32.1 Å². The SMILES string of the molecule is COc1ccc(C(C)C(OC(=O)N(C)C)c2ccc3c(c2OC)C=CC(C)(C)O3)c(F)c1OC. The molecule has 0 saturated carbocycles. The van der Waals surface area contributed by atoms with Gasteiger partial charge in [-0.3, -0.25) is 0 Å². The monoisotopic (exact) mass is 473 g/mol. The van der Waals surface area contributed by atoms with Crippen LogP contribution in [0.3, 0.4) is 0 Å². The first kappa shape index (κ1) is 25.2. The molecule has 1 aliphatic heterocycles. The van der Waals surface area contributed by atoms with Gasteiger partial charge in [0.25, 0.3) is 0 Å². The van der Waals surface area contributed by atoms with Gasteiger partial charge in [0.15, 0.2) is 17.3 Å². The van der Waals surface area contributed by atoms with Gasteiger partial charge in [-0.2, -0.15) is 0 Å². The third-order valence-electron chi connectivity index (χ3n) is 5.77. The number of fused-ring (bicyclic) bond motifs is 1. The smallest absolute Gasteiger partial charge is 0.409 e. The molecule has 1 amide bonds. The number of carbonyl (C=O) groups excluding carboxylic acids is 1. The number of hydrogen-bond acceptors (Lipinski definition) is 6. The molecule has 1 heterocycles. The lowest BCUT2D eigenvalue weighted by atomic mass is 9.87. The highest BCUT2D eigenvalue weighted by molar-refractivity contribution is 5.71. The van der Waals surface area contributed by atoms with Crippen LogP contribution in [0.5, 0.6) is 23.0 Å². The maximum atomic E-state index is 15.5. The van der Waals surface area contributed by atoms with E-state index in [0.29, 0.717) is 22.6 Å². The summed E-state index contributed by atoms with van der Waals surface area (Å²) in [5.74, 6) is 0.224. The zero-order valence-electron chi connectivity index (χ0n) is 20.9. The van der Waals surface area contributed by atoms with Crippen LogP contribution in [0.1, 0.15) is 49.5 Å². The molecule has 0 aromatic heterocycles. The van der Waals surface area contributed by atoms with Gasteiger partial charge in [-0.1, -0.05) is 13.0 Å². The molecule has 1 aliphatic rings. The zero-order chi connectivity index (χ0) is 25.2. The Bertz CT molecular complexity index is 1100. The topological polar surface area (TPSA) is 66.5 Å². The summed E-state index contributed by atoms with van der Waals surface area (Å²) in [6.07, 6.45) is 2.42. The molecular weight excluding hydrogens is 441 g/mol. The predicted octanol–water partition coefficient (Wildman–Crippen LogP) is 5.58. The zero-order valence-corrected chi connectivity index (χ0v) is 20.9. The number of rotatable bonds is 7. The molecule has 2 atom stereocenters. The number of carbonyl (C=O) groups is 1. The number of methoxy groups -OCH3 is 3. The third-order valence-corrected chi connectivity index (χ3v) is 5.77. The molecule has 0 bridgehead atoms. The molecule has 34 heavy (non-hydrogen) atoms. The molecule has 0 aliphatic carbocycles. The number of halogens is 1. The van der Waals surface area contributed by atoms with Crippen molar-refractivity contribution in [2.75, 3.05) is 35.4 Å². The highest BCUT2D eigenvalue weighted by atomic mass is 19.1. The molecule has 7 nitrogen and oxygen atoms in total. The van der Waals surface area contributed by atoms with Gasteiger partial charge in [-0.05, 0) is 49.8 Å². The average molecular weight is 474 g/mol. The van der Waals surface area contributed by atoms with E-state index in [0.717, 1.165) is 5.56 Å². The number of ether oxygens (including phenoxy) is 5. The Balaban J connectivity index is 2.16. The summed E-state index contributed by atoms with van der Waals surface area (Å²) in [6.45, 7) is 5.69. The fourth-order valence-electron chi connectivity index (χ4n) is 3.97. The molecule has 2 aromatic carbocycles. The molecule has 0 N–H and O–H groups in total. The van der Waals surface area contributed by atoms with Gasteiger partial charge in [0, 0.05) is 25.6 Å². The van der Waals surface area contributed by atoms with E-state index in [1.165, 1.54) is 19.1 Å². The van der Waals surface area contributed by atoms with E-state index in [2.05, 4.69) is 0 Å². The van der Waals surface area contributed by atoms with Crippen LogP contribution in [0, 0.1) is 5.82 Å². The largest absolute Gasteiger partial charge is 0.496 e. The fourth-order valence-corrected chi connectivity index (χ4v) is 3.97. The Morgan fingerprint density at radius 2 is 1.65 bits per heavy atom. The lowest BCUT2D eigenvalue weighted by Crippen LogP contribution is -2.29. The van der Waals surface area contributed by atoms with E-state index in [9.17, 15) is 4.79 Å². The highest BCUT2D eigenvalue weighted by Gasteiger charge is 2.34. The lowest BCUT2D eigenvalue weighted by Gasteiger charge is -2.32.